The average molecular weight is 301 g/mol. The Balaban J connectivity index is 2.30. The number of hydrogen-bond donors (Lipinski definition) is 3. The molecule has 1 rings (SSSR count). The molecule has 0 aromatic rings. The van der Waals surface area contributed by atoms with E-state index in [0.717, 1.165) is 32.1 Å². The molecule has 1 heterocycles. The Labute approximate surface area is 127 Å². The van der Waals surface area contributed by atoms with Crippen molar-refractivity contribution in [2.75, 3.05) is 0 Å². The zero-order valence-corrected chi connectivity index (χ0v) is 13.5. The first-order valence-electron chi connectivity index (χ1n) is 7.55. The minimum Gasteiger partial charge on any atom is -0.390 e. The Morgan fingerprint density at radius 2 is 2.10 bits per heavy atom. The predicted molar refractivity (Wildman–Crippen MR) is 82.8 cm³/mol. The fraction of sp³-hybridized carbons (Fsp3) is 0.867. The number of rotatable bonds is 8. The van der Waals surface area contributed by atoms with Crippen LogP contribution in [0, 0.1) is 11.8 Å². The number of thiol groups is 1. The molecule has 4 nitrogen and oxygen atoms in total. The van der Waals surface area contributed by atoms with E-state index in [1.54, 1.807) is 0 Å². The first kappa shape index (κ1) is 17.5. The lowest BCUT2D eigenvalue weighted by atomic mass is 9.94. The van der Waals surface area contributed by atoms with Gasteiger partial charge in [-0.3, -0.25) is 9.59 Å². The SMILES string of the molecule is CCC(C)C(S)CCCCC1NC(=O)C(C(C)=O)C1O. The van der Waals surface area contributed by atoms with E-state index < -0.39 is 12.0 Å². The standard InChI is InChI=1S/C15H27NO3S/c1-4-9(2)12(20)8-6-5-7-11-14(18)13(10(3)17)15(19)16-11/h9,11-14,18,20H,4-8H2,1-3H3,(H,16,19). The van der Waals surface area contributed by atoms with E-state index >= 15 is 0 Å². The molecule has 0 aromatic heterocycles. The first-order chi connectivity index (χ1) is 9.38. The maximum absolute atomic E-state index is 11.6. The molecule has 1 amide bonds. The van der Waals surface area contributed by atoms with Crippen molar-refractivity contribution in [2.24, 2.45) is 11.8 Å². The normalized spacial score (nSPS) is 29.1. The van der Waals surface area contributed by atoms with Crippen molar-refractivity contribution >= 4 is 24.3 Å². The van der Waals surface area contributed by atoms with Gasteiger partial charge in [0.15, 0.2) is 0 Å². The fourth-order valence-electron chi connectivity index (χ4n) is 2.69. The van der Waals surface area contributed by atoms with Crippen LogP contribution in [0.4, 0.5) is 0 Å². The monoisotopic (exact) mass is 301 g/mol. The van der Waals surface area contributed by atoms with Crippen LogP contribution < -0.4 is 5.32 Å². The third-order valence-electron chi connectivity index (χ3n) is 4.37. The number of aliphatic hydroxyl groups excluding tert-OH is 1. The molecule has 1 fully saturated rings. The summed E-state index contributed by atoms with van der Waals surface area (Å²) in [6.45, 7) is 5.73. The summed E-state index contributed by atoms with van der Waals surface area (Å²) in [6, 6.07) is -0.279. The number of nitrogens with one attached hydrogen (secondary N) is 1. The number of Topliss-reactive ketones (excluding diaryl/α,β-unsaturated/α-hetero) is 1. The topological polar surface area (TPSA) is 66.4 Å². The molecular formula is C15H27NO3S. The van der Waals surface area contributed by atoms with Gasteiger partial charge in [0, 0.05) is 5.25 Å². The van der Waals surface area contributed by atoms with E-state index in [1.807, 2.05) is 0 Å². The third-order valence-corrected chi connectivity index (χ3v) is 5.13. The molecule has 1 aliphatic rings. The van der Waals surface area contributed by atoms with Crippen molar-refractivity contribution in [3.8, 4) is 0 Å². The van der Waals surface area contributed by atoms with Crippen molar-refractivity contribution in [3.05, 3.63) is 0 Å². The molecule has 0 aliphatic carbocycles. The maximum atomic E-state index is 11.6. The van der Waals surface area contributed by atoms with Gasteiger partial charge in [0.25, 0.3) is 0 Å². The summed E-state index contributed by atoms with van der Waals surface area (Å²) in [5.41, 5.74) is 0. The second kappa shape index (κ2) is 8.03. The van der Waals surface area contributed by atoms with Gasteiger partial charge in [-0.05, 0) is 25.7 Å². The van der Waals surface area contributed by atoms with Crippen molar-refractivity contribution in [2.45, 2.75) is 70.3 Å². The molecule has 1 aliphatic heterocycles. The fourth-order valence-corrected chi connectivity index (χ4v) is 3.08. The van der Waals surface area contributed by atoms with E-state index in [1.165, 1.54) is 6.92 Å². The molecule has 5 unspecified atom stereocenters. The van der Waals surface area contributed by atoms with Gasteiger partial charge in [-0.25, -0.2) is 0 Å². The average Bonchev–Trinajstić information content (AvgIpc) is 2.68. The van der Waals surface area contributed by atoms with E-state index in [4.69, 9.17) is 0 Å². The van der Waals surface area contributed by atoms with Crippen LogP contribution in [0.15, 0.2) is 0 Å². The molecule has 20 heavy (non-hydrogen) atoms. The number of carbonyl (C=O) groups is 2. The maximum Gasteiger partial charge on any atom is 0.233 e. The molecule has 5 heteroatoms. The molecule has 0 saturated carbocycles. The minimum atomic E-state index is -0.877. The van der Waals surface area contributed by atoms with Crippen molar-refractivity contribution in [1.29, 1.82) is 0 Å². The second-order valence-corrected chi connectivity index (χ2v) is 6.59. The predicted octanol–water partition coefficient (Wildman–Crippen LogP) is 1.96. The Hall–Kier alpha value is -0.550. The van der Waals surface area contributed by atoms with Crippen LogP contribution in [0.5, 0.6) is 0 Å². The Kier molecular flexibility index (Phi) is 7.03. The molecule has 5 atom stereocenters. The number of ketones is 1. The third kappa shape index (κ3) is 4.48. The van der Waals surface area contributed by atoms with Gasteiger partial charge in [-0.2, -0.15) is 12.6 Å². The highest BCUT2D eigenvalue weighted by Crippen LogP contribution is 2.23. The van der Waals surface area contributed by atoms with E-state index in [-0.39, 0.29) is 17.7 Å². The Morgan fingerprint density at radius 3 is 2.60 bits per heavy atom. The van der Waals surface area contributed by atoms with Crippen LogP contribution in [0.1, 0.15) is 52.9 Å². The molecule has 0 bridgehead atoms. The highest BCUT2D eigenvalue weighted by atomic mass is 32.1. The number of carbonyl (C=O) groups excluding carboxylic acids is 2. The molecule has 1 saturated heterocycles. The summed E-state index contributed by atoms with van der Waals surface area (Å²) in [6.07, 6.45) is 3.98. The van der Waals surface area contributed by atoms with Crippen molar-refractivity contribution in [3.63, 3.8) is 0 Å². The summed E-state index contributed by atoms with van der Waals surface area (Å²) in [5, 5.41) is 13.1. The zero-order chi connectivity index (χ0) is 15.3. The lowest BCUT2D eigenvalue weighted by Gasteiger charge is -2.19. The number of hydrogen-bond acceptors (Lipinski definition) is 4. The van der Waals surface area contributed by atoms with Gasteiger partial charge in [0.05, 0.1) is 12.1 Å². The van der Waals surface area contributed by atoms with Gasteiger partial charge in [0.1, 0.15) is 11.7 Å². The van der Waals surface area contributed by atoms with Crippen LogP contribution in [0.25, 0.3) is 0 Å². The summed E-state index contributed by atoms with van der Waals surface area (Å²) in [4.78, 5) is 22.9. The van der Waals surface area contributed by atoms with Gasteiger partial charge in [0.2, 0.25) is 5.91 Å². The second-order valence-electron chi connectivity index (χ2n) is 5.93. The number of aliphatic hydroxyl groups is 1. The van der Waals surface area contributed by atoms with E-state index in [9.17, 15) is 14.7 Å². The Morgan fingerprint density at radius 1 is 1.45 bits per heavy atom. The van der Waals surface area contributed by atoms with Crippen LogP contribution in [0.3, 0.4) is 0 Å². The van der Waals surface area contributed by atoms with E-state index in [0.29, 0.717) is 11.2 Å². The van der Waals surface area contributed by atoms with Gasteiger partial charge in [-0.15, -0.1) is 0 Å². The summed E-state index contributed by atoms with van der Waals surface area (Å²) in [7, 11) is 0. The van der Waals surface area contributed by atoms with E-state index in [2.05, 4.69) is 31.8 Å². The van der Waals surface area contributed by atoms with Gasteiger partial charge < -0.3 is 10.4 Å². The first-order valence-corrected chi connectivity index (χ1v) is 8.07. The van der Waals surface area contributed by atoms with Crippen LogP contribution >= 0.6 is 12.6 Å². The summed E-state index contributed by atoms with van der Waals surface area (Å²) < 4.78 is 0. The van der Waals surface area contributed by atoms with Crippen LogP contribution in [-0.4, -0.2) is 34.2 Å². The Bertz CT molecular complexity index is 348. The van der Waals surface area contributed by atoms with Crippen LogP contribution in [-0.2, 0) is 9.59 Å². The number of unbranched alkanes of at least 4 members (excludes halogenated alkanes) is 1. The lowest BCUT2D eigenvalue weighted by molar-refractivity contribution is -0.132. The molecular weight excluding hydrogens is 274 g/mol. The highest BCUT2D eigenvalue weighted by Gasteiger charge is 2.43. The quantitative estimate of drug-likeness (QED) is 0.365. The molecule has 0 spiro atoms. The molecule has 0 radical (unpaired) electrons. The highest BCUT2D eigenvalue weighted by molar-refractivity contribution is 7.81. The van der Waals surface area contributed by atoms with Gasteiger partial charge in [-0.1, -0.05) is 33.1 Å². The lowest BCUT2D eigenvalue weighted by Crippen LogP contribution is -2.32. The van der Waals surface area contributed by atoms with Crippen molar-refractivity contribution in [1.82, 2.24) is 5.32 Å². The smallest absolute Gasteiger partial charge is 0.233 e. The molecule has 0 aromatic carbocycles. The summed E-state index contributed by atoms with van der Waals surface area (Å²) >= 11 is 4.60. The largest absolute Gasteiger partial charge is 0.390 e. The minimum absolute atomic E-state index is 0.260. The van der Waals surface area contributed by atoms with Gasteiger partial charge >= 0.3 is 0 Å². The zero-order valence-electron chi connectivity index (χ0n) is 12.6. The van der Waals surface area contributed by atoms with Crippen LogP contribution in [0.2, 0.25) is 0 Å². The molecule has 2 N–H and O–H groups in total. The molecule has 116 valence electrons. The van der Waals surface area contributed by atoms with Crippen molar-refractivity contribution < 1.29 is 14.7 Å². The number of amides is 1. The summed E-state index contributed by atoms with van der Waals surface area (Å²) in [5.74, 6) is -0.860.